The number of carbonyl (C=O) groups excluding carboxylic acids is 2. The quantitative estimate of drug-likeness (QED) is 0.457. The molecule has 2 aromatic rings. The maximum absolute atomic E-state index is 12.9. The van der Waals surface area contributed by atoms with Crippen LogP contribution in [0.2, 0.25) is 0 Å². The number of ether oxygens (including phenoxy) is 1. The van der Waals surface area contributed by atoms with Crippen LogP contribution >= 0.6 is 0 Å². The second-order valence-corrected chi connectivity index (χ2v) is 5.43. The van der Waals surface area contributed by atoms with Crippen LogP contribution in [0.25, 0.3) is 0 Å². The average Bonchev–Trinajstić information content (AvgIpc) is 2.61. The highest BCUT2D eigenvalue weighted by molar-refractivity contribution is 5.98. The van der Waals surface area contributed by atoms with Crippen molar-refractivity contribution >= 4 is 17.6 Å². The smallest absolute Gasteiger partial charge is 0.325 e. The minimum atomic E-state index is -0.563. The number of benzene rings is 2. The van der Waals surface area contributed by atoms with E-state index in [2.05, 4.69) is 4.74 Å². The molecule has 0 aliphatic rings. The van der Waals surface area contributed by atoms with E-state index in [4.69, 9.17) is 0 Å². The summed E-state index contributed by atoms with van der Waals surface area (Å²) in [4.78, 5) is 36.4. The third kappa shape index (κ3) is 4.41. The molecular weight excluding hydrogens is 324 g/mol. The first-order chi connectivity index (χ1) is 11.9. The van der Waals surface area contributed by atoms with Crippen LogP contribution in [0.5, 0.6) is 0 Å². The lowest BCUT2D eigenvalue weighted by molar-refractivity contribution is -0.385. The number of amides is 1. The normalized spacial score (nSPS) is 10.2. The fourth-order valence-corrected chi connectivity index (χ4v) is 2.45. The van der Waals surface area contributed by atoms with Gasteiger partial charge in [-0.05, 0) is 18.6 Å². The summed E-state index contributed by atoms with van der Waals surface area (Å²) in [6.07, 6.45) is 0. The molecule has 0 unspecified atom stereocenters. The van der Waals surface area contributed by atoms with Crippen LogP contribution in [-0.2, 0) is 16.1 Å². The van der Waals surface area contributed by atoms with E-state index < -0.39 is 16.8 Å². The van der Waals surface area contributed by atoms with Gasteiger partial charge in [-0.25, -0.2) is 0 Å². The number of nitro groups is 1. The van der Waals surface area contributed by atoms with Crippen molar-refractivity contribution in [3.05, 3.63) is 75.3 Å². The van der Waals surface area contributed by atoms with Gasteiger partial charge in [-0.1, -0.05) is 36.4 Å². The van der Waals surface area contributed by atoms with Gasteiger partial charge in [0.1, 0.15) is 6.54 Å². The molecule has 2 rings (SSSR count). The second kappa shape index (κ2) is 8.05. The third-order valence-corrected chi connectivity index (χ3v) is 3.78. The Kier molecular flexibility index (Phi) is 5.84. The SMILES string of the molecule is COC(=O)CN(Cc1ccccc1)C(=O)c1cccc([N+](=O)[O-])c1C. The van der Waals surface area contributed by atoms with Crippen molar-refractivity contribution in [2.24, 2.45) is 0 Å². The number of hydrogen-bond acceptors (Lipinski definition) is 5. The largest absolute Gasteiger partial charge is 0.468 e. The molecule has 0 bridgehead atoms. The highest BCUT2D eigenvalue weighted by Crippen LogP contribution is 2.23. The molecule has 0 radical (unpaired) electrons. The maximum Gasteiger partial charge on any atom is 0.325 e. The maximum atomic E-state index is 12.9. The molecule has 7 nitrogen and oxygen atoms in total. The summed E-state index contributed by atoms with van der Waals surface area (Å²) in [5.41, 5.74) is 1.15. The summed E-state index contributed by atoms with van der Waals surface area (Å²) in [6.45, 7) is 1.47. The van der Waals surface area contributed by atoms with E-state index in [-0.39, 0.29) is 29.9 Å². The fourth-order valence-electron chi connectivity index (χ4n) is 2.45. The number of carbonyl (C=O) groups is 2. The third-order valence-electron chi connectivity index (χ3n) is 3.78. The Balaban J connectivity index is 2.36. The first-order valence-corrected chi connectivity index (χ1v) is 7.58. The van der Waals surface area contributed by atoms with Crippen LogP contribution in [0.4, 0.5) is 5.69 Å². The van der Waals surface area contributed by atoms with Gasteiger partial charge in [-0.15, -0.1) is 0 Å². The van der Waals surface area contributed by atoms with Crippen molar-refractivity contribution in [2.45, 2.75) is 13.5 Å². The minimum Gasteiger partial charge on any atom is -0.468 e. The summed E-state index contributed by atoms with van der Waals surface area (Å²) < 4.78 is 4.66. The Hall–Kier alpha value is -3.22. The number of hydrogen-bond donors (Lipinski definition) is 0. The number of nitrogens with zero attached hydrogens (tertiary/aromatic N) is 2. The molecule has 0 aromatic heterocycles. The molecule has 25 heavy (non-hydrogen) atoms. The van der Waals surface area contributed by atoms with Gasteiger partial charge in [-0.3, -0.25) is 19.7 Å². The molecule has 0 spiro atoms. The number of rotatable bonds is 6. The standard InChI is InChI=1S/C18H18N2O5/c1-13-15(9-6-10-16(13)20(23)24)18(22)19(12-17(21)25-2)11-14-7-4-3-5-8-14/h3-10H,11-12H2,1-2H3. The van der Waals surface area contributed by atoms with E-state index in [1.165, 1.54) is 37.1 Å². The van der Waals surface area contributed by atoms with E-state index in [1.54, 1.807) is 0 Å². The summed E-state index contributed by atoms with van der Waals surface area (Å²) in [6, 6.07) is 13.5. The lowest BCUT2D eigenvalue weighted by atomic mass is 10.0. The molecule has 0 saturated carbocycles. The first kappa shape index (κ1) is 18.1. The molecule has 1 amide bonds. The van der Waals surface area contributed by atoms with Crippen molar-refractivity contribution in [3.8, 4) is 0 Å². The van der Waals surface area contributed by atoms with Crippen LogP contribution in [0, 0.1) is 17.0 Å². The van der Waals surface area contributed by atoms with Crippen molar-refractivity contribution < 1.29 is 19.2 Å². The topological polar surface area (TPSA) is 89.8 Å². The molecule has 0 aliphatic heterocycles. The van der Waals surface area contributed by atoms with Crippen LogP contribution < -0.4 is 0 Å². The van der Waals surface area contributed by atoms with Gasteiger partial charge in [-0.2, -0.15) is 0 Å². The molecule has 0 saturated heterocycles. The van der Waals surface area contributed by atoms with Gasteiger partial charge in [0.05, 0.1) is 12.0 Å². The molecule has 7 heteroatoms. The molecule has 0 fully saturated rings. The van der Waals surface area contributed by atoms with Gasteiger partial charge in [0, 0.05) is 23.7 Å². The molecule has 0 heterocycles. The van der Waals surface area contributed by atoms with Crippen LogP contribution in [0.15, 0.2) is 48.5 Å². The van der Waals surface area contributed by atoms with Crippen molar-refractivity contribution in [3.63, 3.8) is 0 Å². The highest BCUT2D eigenvalue weighted by Gasteiger charge is 2.24. The van der Waals surface area contributed by atoms with E-state index in [0.29, 0.717) is 0 Å². The lowest BCUT2D eigenvalue weighted by Gasteiger charge is -2.22. The summed E-state index contributed by atoms with van der Waals surface area (Å²) in [5.74, 6) is -1.03. The zero-order valence-electron chi connectivity index (χ0n) is 14.0. The molecule has 130 valence electrons. The Morgan fingerprint density at radius 3 is 2.40 bits per heavy atom. The van der Waals surface area contributed by atoms with Gasteiger partial charge >= 0.3 is 5.97 Å². The molecule has 0 aliphatic carbocycles. The van der Waals surface area contributed by atoms with E-state index in [9.17, 15) is 19.7 Å². The summed E-state index contributed by atoms with van der Waals surface area (Å²) in [7, 11) is 1.24. The monoisotopic (exact) mass is 342 g/mol. The van der Waals surface area contributed by atoms with Crippen molar-refractivity contribution in [2.75, 3.05) is 13.7 Å². The molecule has 0 N–H and O–H groups in total. The van der Waals surface area contributed by atoms with E-state index in [0.717, 1.165) is 5.56 Å². The van der Waals surface area contributed by atoms with E-state index in [1.807, 2.05) is 30.3 Å². The predicted octanol–water partition coefficient (Wildman–Crippen LogP) is 2.72. The van der Waals surface area contributed by atoms with Crippen molar-refractivity contribution in [1.82, 2.24) is 4.90 Å². The van der Waals surface area contributed by atoms with Gasteiger partial charge in [0.15, 0.2) is 0 Å². The van der Waals surface area contributed by atoms with Crippen LogP contribution in [0.3, 0.4) is 0 Å². The Morgan fingerprint density at radius 1 is 1.12 bits per heavy atom. The van der Waals surface area contributed by atoms with Gasteiger partial charge < -0.3 is 9.64 Å². The molecule has 2 aromatic carbocycles. The van der Waals surface area contributed by atoms with Crippen LogP contribution in [-0.4, -0.2) is 35.4 Å². The van der Waals surface area contributed by atoms with Crippen molar-refractivity contribution in [1.29, 1.82) is 0 Å². The zero-order valence-corrected chi connectivity index (χ0v) is 14.0. The Labute approximate surface area is 145 Å². The highest BCUT2D eigenvalue weighted by atomic mass is 16.6. The number of methoxy groups -OCH3 is 1. The van der Waals surface area contributed by atoms with E-state index >= 15 is 0 Å². The average molecular weight is 342 g/mol. The molecular formula is C18H18N2O5. The second-order valence-electron chi connectivity index (χ2n) is 5.43. The Morgan fingerprint density at radius 2 is 1.80 bits per heavy atom. The molecule has 0 atom stereocenters. The van der Waals surface area contributed by atoms with Crippen LogP contribution in [0.1, 0.15) is 21.5 Å². The first-order valence-electron chi connectivity index (χ1n) is 7.58. The summed E-state index contributed by atoms with van der Waals surface area (Å²) in [5, 5.41) is 11.1. The van der Waals surface area contributed by atoms with Gasteiger partial charge in [0.25, 0.3) is 11.6 Å². The Bertz CT molecular complexity index is 789. The predicted molar refractivity (Wildman–Crippen MR) is 91.0 cm³/mol. The van der Waals surface area contributed by atoms with Gasteiger partial charge in [0.2, 0.25) is 0 Å². The zero-order chi connectivity index (χ0) is 18.4. The minimum absolute atomic E-state index is 0.136. The fraction of sp³-hybridized carbons (Fsp3) is 0.222. The number of esters is 1. The lowest BCUT2D eigenvalue weighted by Crippen LogP contribution is -2.36. The number of nitro benzene ring substituents is 1. The summed E-state index contributed by atoms with van der Waals surface area (Å²) >= 11 is 0.